The summed E-state index contributed by atoms with van der Waals surface area (Å²) in [6, 6.07) is 17.8. The van der Waals surface area contributed by atoms with Crippen molar-refractivity contribution in [3.8, 4) is 11.5 Å². The summed E-state index contributed by atoms with van der Waals surface area (Å²) in [5, 5.41) is 3.26. The first kappa shape index (κ1) is 10.8. The van der Waals surface area contributed by atoms with E-state index in [0.29, 0.717) is 0 Å². The van der Waals surface area contributed by atoms with Gasteiger partial charge in [-0.15, -0.1) is 0 Å². The smallest absolute Gasteiger partial charge is 0.128 e. The zero-order valence-electron chi connectivity index (χ0n) is 9.97. The Hall–Kier alpha value is -2.29. The highest BCUT2D eigenvalue weighted by Crippen LogP contribution is 2.22. The zero-order valence-corrected chi connectivity index (χ0v) is 9.97. The number of hydrogen-bond donors (Lipinski definition) is 1. The lowest BCUT2D eigenvalue weighted by Gasteiger charge is -2.07. The standard InChI is InChI=1S/C15H14N2O/c1-2-6-13(7-3-1)18-14-8-4-5-12(11-14)15-16-9-10-17-15/h1-8,11H,9-10H2,(H,16,17). The highest BCUT2D eigenvalue weighted by atomic mass is 16.5. The maximum absolute atomic E-state index is 5.80. The van der Waals surface area contributed by atoms with Gasteiger partial charge in [0.1, 0.15) is 17.3 Å². The van der Waals surface area contributed by atoms with E-state index in [4.69, 9.17) is 4.74 Å². The minimum Gasteiger partial charge on any atom is -0.457 e. The molecule has 1 aliphatic heterocycles. The van der Waals surface area contributed by atoms with E-state index >= 15 is 0 Å². The number of nitrogens with one attached hydrogen (secondary N) is 1. The van der Waals surface area contributed by atoms with Crippen LogP contribution in [0.5, 0.6) is 11.5 Å². The summed E-state index contributed by atoms with van der Waals surface area (Å²) in [4.78, 5) is 4.40. The molecule has 1 N–H and O–H groups in total. The van der Waals surface area contributed by atoms with Crippen LogP contribution in [0.2, 0.25) is 0 Å². The second kappa shape index (κ2) is 4.92. The first-order valence-corrected chi connectivity index (χ1v) is 6.03. The largest absolute Gasteiger partial charge is 0.457 e. The molecule has 18 heavy (non-hydrogen) atoms. The van der Waals surface area contributed by atoms with E-state index in [1.54, 1.807) is 0 Å². The third kappa shape index (κ3) is 2.35. The Bertz CT molecular complexity index is 564. The van der Waals surface area contributed by atoms with Crippen LogP contribution in [0.4, 0.5) is 0 Å². The van der Waals surface area contributed by atoms with Crippen LogP contribution in [0.3, 0.4) is 0 Å². The summed E-state index contributed by atoms with van der Waals surface area (Å²) in [5.74, 6) is 2.62. The van der Waals surface area contributed by atoms with Crippen LogP contribution >= 0.6 is 0 Å². The molecule has 0 aliphatic carbocycles. The fourth-order valence-corrected chi connectivity index (χ4v) is 1.92. The van der Waals surface area contributed by atoms with Crippen molar-refractivity contribution >= 4 is 5.84 Å². The molecule has 0 radical (unpaired) electrons. The Morgan fingerprint density at radius 1 is 0.944 bits per heavy atom. The van der Waals surface area contributed by atoms with Gasteiger partial charge in [-0.1, -0.05) is 30.3 Å². The molecule has 0 unspecified atom stereocenters. The van der Waals surface area contributed by atoms with Crippen molar-refractivity contribution in [2.24, 2.45) is 4.99 Å². The van der Waals surface area contributed by atoms with Gasteiger partial charge in [0.05, 0.1) is 6.54 Å². The van der Waals surface area contributed by atoms with Crippen molar-refractivity contribution < 1.29 is 4.74 Å². The van der Waals surface area contributed by atoms with Crippen LogP contribution in [0.25, 0.3) is 0 Å². The third-order valence-corrected chi connectivity index (χ3v) is 2.76. The fourth-order valence-electron chi connectivity index (χ4n) is 1.92. The van der Waals surface area contributed by atoms with Gasteiger partial charge in [0, 0.05) is 12.1 Å². The molecule has 0 atom stereocenters. The second-order valence-electron chi connectivity index (χ2n) is 4.10. The molecule has 2 aromatic carbocycles. The quantitative estimate of drug-likeness (QED) is 0.892. The molecule has 0 aromatic heterocycles. The van der Waals surface area contributed by atoms with Gasteiger partial charge in [0.15, 0.2) is 0 Å². The number of hydrogen-bond acceptors (Lipinski definition) is 3. The van der Waals surface area contributed by atoms with Gasteiger partial charge in [-0.05, 0) is 24.3 Å². The predicted octanol–water partition coefficient (Wildman–Crippen LogP) is 2.83. The molecule has 0 bridgehead atoms. The molecule has 0 amide bonds. The average molecular weight is 238 g/mol. The summed E-state index contributed by atoms with van der Waals surface area (Å²) in [6.07, 6.45) is 0. The van der Waals surface area contributed by atoms with Crippen molar-refractivity contribution in [2.45, 2.75) is 0 Å². The first-order valence-electron chi connectivity index (χ1n) is 6.03. The lowest BCUT2D eigenvalue weighted by atomic mass is 10.2. The summed E-state index contributed by atoms with van der Waals surface area (Å²) >= 11 is 0. The number of para-hydroxylation sites is 1. The molecule has 1 aliphatic rings. The van der Waals surface area contributed by atoms with Crippen LogP contribution in [-0.2, 0) is 0 Å². The maximum atomic E-state index is 5.80. The number of ether oxygens (including phenoxy) is 1. The molecule has 1 heterocycles. The Balaban J connectivity index is 1.83. The Labute approximate surface area is 106 Å². The van der Waals surface area contributed by atoms with E-state index in [-0.39, 0.29) is 0 Å². The van der Waals surface area contributed by atoms with Gasteiger partial charge < -0.3 is 10.1 Å². The van der Waals surface area contributed by atoms with Gasteiger partial charge >= 0.3 is 0 Å². The van der Waals surface area contributed by atoms with E-state index in [9.17, 15) is 0 Å². The molecule has 3 rings (SSSR count). The van der Waals surface area contributed by atoms with Gasteiger partial charge in [0.25, 0.3) is 0 Å². The molecular weight excluding hydrogens is 224 g/mol. The van der Waals surface area contributed by atoms with E-state index < -0.39 is 0 Å². The normalized spacial score (nSPS) is 13.9. The predicted molar refractivity (Wildman–Crippen MR) is 72.4 cm³/mol. The zero-order chi connectivity index (χ0) is 12.2. The number of rotatable bonds is 3. The topological polar surface area (TPSA) is 33.6 Å². The minimum absolute atomic E-state index is 0.829. The fraction of sp³-hybridized carbons (Fsp3) is 0.133. The molecule has 0 spiro atoms. The summed E-state index contributed by atoms with van der Waals surface area (Å²) in [7, 11) is 0. The van der Waals surface area contributed by atoms with Crippen LogP contribution in [0.1, 0.15) is 5.56 Å². The maximum Gasteiger partial charge on any atom is 0.128 e. The molecule has 2 aromatic rings. The van der Waals surface area contributed by atoms with E-state index in [1.165, 1.54) is 0 Å². The van der Waals surface area contributed by atoms with Crippen LogP contribution in [0, 0.1) is 0 Å². The van der Waals surface area contributed by atoms with Crippen LogP contribution < -0.4 is 10.1 Å². The Morgan fingerprint density at radius 3 is 2.56 bits per heavy atom. The van der Waals surface area contributed by atoms with Gasteiger partial charge in [-0.2, -0.15) is 0 Å². The molecule has 0 fully saturated rings. The van der Waals surface area contributed by atoms with E-state index in [2.05, 4.69) is 10.3 Å². The number of amidine groups is 1. The lowest BCUT2D eigenvalue weighted by Crippen LogP contribution is -2.19. The van der Waals surface area contributed by atoms with Crippen molar-refractivity contribution in [1.82, 2.24) is 5.32 Å². The second-order valence-corrected chi connectivity index (χ2v) is 4.10. The lowest BCUT2D eigenvalue weighted by molar-refractivity contribution is 0.482. The number of benzene rings is 2. The SMILES string of the molecule is c1ccc(Oc2cccc(C3=NCCN3)c2)cc1. The first-order chi connectivity index (χ1) is 8.92. The third-order valence-electron chi connectivity index (χ3n) is 2.76. The van der Waals surface area contributed by atoms with Crippen molar-refractivity contribution in [3.05, 3.63) is 60.2 Å². The molecule has 3 heteroatoms. The highest BCUT2D eigenvalue weighted by Gasteiger charge is 2.08. The van der Waals surface area contributed by atoms with E-state index in [0.717, 1.165) is 36.0 Å². The molecule has 0 saturated carbocycles. The Kier molecular flexibility index (Phi) is 2.96. The number of nitrogens with zero attached hydrogens (tertiary/aromatic N) is 1. The molecular formula is C15H14N2O. The molecule has 3 nitrogen and oxygen atoms in total. The monoisotopic (exact) mass is 238 g/mol. The van der Waals surface area contributed by atoms with Crippen LogP contribution in [0.15, 0.2) is 59.6 Å². The van der Waals surface area contributed by atoms with Crippen molar-refractivity contribution in [1.29, 1.82) is 0 Å². The van der Waals surface area contributed by atoms with Gasteiger partial charge in [0.2, 0.25) is 0 Å². The summed E-state index contributed by atoms with van der Waals surface area (Å²) in [5.41, 5.74) is 1.07. The minimum atomic E-state index is 0.829. The average Bonchev–Trinajstić information content (AvgIpc) is 2.94. The summed E-state index contributed by atoms with van der Waals surface area (Å²) < 4.78 is 5.80. The van der Waals surface area contributed by atoms with Crippen molar-refractivity contribution in [3.63, 3.8) is 0 Å². The molecule has 0 saturated heterocycles. The van der Waals surface area contributed by atoms with Crippen molar-refractivity contribution in [2.75, 3.05) is 13.1 Å². The number of aliphatic imine (C=N–C) groups is 1. The highest BCUT2D eigenvalue weighted by molar-refractivity contribution is 6.00. The van der Waals surface area contributed by atoms with Gasteiger partial charge in [-0.25, -0.2) is 0 Å². The summed E-state index contributed by atoms with van der Waals surface area (Å²) in [6.45, 7) is 1.76. The van der Waals surface area contributed by atoms with E-state index in [1.807, 2.05) is 54.6 Å². The molecule has 90 valence electrons. The van der Waals surface area contributed by atoms with Gasteiger partial charge in [-0.3, -0.25) is 4.99 Å². The van der Waals surface area contributed by atoms with Crippen LogP contribution in [-0.4, -0.2) is 18.9 Å². The Morgan fingerprint density at radius 2 is 1.78 bits per heavy atom.